The standard InChI is InChI=1S/C17H23BrN2O5/c1-9(2)14(19-15(22)10-3-5-11(18)6-4-10)16(23)20-8-12(21)7-13(20)17(24)25/h3-6,9,12-15,19,21-22H,7-8H2,1-2H3,(H,24,25)/t12-,13+,14+,15?/m1/s1. The zero-order valence-electron chi connectivity index (χ0n) is 14.1. The van der Waals surface area contributed by atoms with Gasteiger partial charge in [0.1, 0.15) is 12.3 Å². The van der Waals surface area contributed by atoms with Crippen LogP contribution in [0.2, 0.25) is 0 Å². The van der Waals surface area contributed by atoms with Crippen molar-refractivity contribution in [2.75, 3.05) is 6.54 Å². The van der Waals surface area contributed by atoms with E-state index in [0.717, 1.165) is 4.47 Å². The van der Waals surface area contributed by atoms with Crippen LogP contribution in [-0.4, -0.2) is 56.8 Å². The molecule has 138 valence electrons. The van der Waals surface area contributed by atoms with E-state index in [1.54, 1.807) is 24.3 Å². The molecule has 1 heterocycles. The highest BCUT2D eigenvalue weighted by atomic mass is 79.9. The molecule has 4 atom stereocenters. The minimum atomic E-state index is -1.14. The van der Waals surface area contributed by atoms with E-state index >= 15 is 0 Å². The third-order valence-corrected chi connectivity index (χ3v) is 4.83. The lowest BCUT2D eigenvalue weighted by Gasteiger charge is -2.31. The second-order valence-electron chi connectivity index (χ2n) is 6.58. The molecule has 1 fully saturated rings. The van der Waals surface area contributed by atoms with Crippen molar-refractivity contribution < 1.29 is 24.9 Å². The van der Waals surface area contributed by atoms with Crippen LogP contribution in [0.15, 0.2) is 28.7 Å². The normalized spacial score (nSPS) is 22.9. The van der Waals surface area contributed by atoms with Crippen molar-refractivity contribution in [1.82, 2.24) is 10.2 Å². The highest BCUT2D eigenvalue weighted by molar-refractivity contribution is 9.10. The van der Waals surface area contributed by atoms with Gasteiger partial charge in [-0.2, -0.15) is 0 Å². The number of carboxylic acids is 1. The van der Waals surface area contributed by atoms with Crippen LogP contribution in [0, 0.1) is 5.92 Å². The largest absolute Gasteiger partial charge is 0.480 e. The highest BCUT2D eigenvalue weighted by Crippen LogP contribution is 2.23. The maximum Gasteiger partial charge on any atom is 0.326 e. The number of carbonyl (C=O) groups excluding carboxylic acids is 1. The zero-order valence-corrected chi connectivity index (χ0v) is 15.7. The molecule has 0 aliphatic carbocycles. The SMILES string of the molecule is CC(C)[C@H](NC(O)c1ccc(Br)cc1)C(=O)N1C[C@H](O)C[C@H]1C(=O)O. The number of benzene rings is 1. The lowest BCUT2D eigenvalue weighted by Crippen LogP contribution is -2.53. The number of rotatable bonds is 6. The molecule has 1 aliphatic heterocycles. The molecule has 1 saturated heterocycles. The highest BCUT2D eigenvalue weighted by Gasteiger charge is 2.42. The number of amides is 1. The van der Waals surface area contributed by atoms with Crippen LogP contribution in [0.4, 0.5) is 0 Å². The van der Waals surface area contributed by atoms with Crippen LogP contribution in [0.3, 0.4) is 0 Å². The Balaban J connectivity index is 2.15. The number of nitrogens with one attached hydrogen (secondary N) is 1. The van der Waals surface area contributed by atoms with Gasteiger partial charge in [0.2, 0.25) is 5.91 Å². The van der Waals surface area contributed by atoms with Crippen molar-refractivity contribution in [1.29, 1.82) is 0 Å². The Kier molecular flexibility index (Phi) is 6.56. The third kappa shape index (κ3) is 4.78. The van der Waals surface area contributed by atoms with Crippen molar-refractivity contribution >= 4 is 27.8 Å². The minimum Gasteiger partial charge on any atom is -0.480 e. The van der Waals surface area contributed by atoms with Crippen molar-refractivity contribution in [2.45, 2.75) is 44.7 Å². The number of aliphatic hydroxyl groups excluding tert-OH is 2. The third-order valence-electron chi connectivity index (χ3n) is 4.30. The number of aliphatic carboxylic acids is 1. The van der Waals surface area contributed by atoms with E-state index in [1.807, 2.05) is 13.8 Å². The van der Waals surface area contributed by atoms with Gasteiger partial charge in [0.25, 0.3) is 0 Å². The Morgan fingerprint density at radius 1 is 1.28 bits per heavy atom. The molecule has 8 heteroatoms. The first-order valence-electron chi connectivity index (χ1n) is 8.11. The van der Waals surface area contributed by atoms with Crippen LogP contribution in [0.1, 0.15) is 32.1 Å². The molecule has 0 spiro atoms. The average molecular weight is 415 g/mol. The zero-order chi connectivity index (χ0) is 18.7. The van der Waals surface area contributed by atoms with Crippen molar-refractivity contribution in [3.63, 3.8) is 0 Å². The molecule has 0 bridgehead atoms. The van der Waals surface area contributed by atoms with Crippen LogP contribution >= 0.6 is 15.9 Å². The summed E-state index contributed by atoms with van der Waals surface area (Å²) in [4.78, 5) is 25.4. The Morgan fingerprint density at radius 2 is 1.88 bits per heavy atom. The van der Waals surface area contributed by atoms with Gasteiger partial charge in [-0.3, -0.25) is 10.1 Å². The summed E-state index contributed by atoms with van der Waals surface area (Å²) >= 11 is 3.32. The summed E-state index contributed by atoms with van der Waals surface area (Å²) < 4.78 is 0.871. The molecule has 4 N–H and O–H groups in total. The molecule has 1 aliphatic rings. The predicted octanol–water partition coefficient (Wildman–Crippen LogP) is 1.10. The number of hydrogen-bond acceptors (Lipinski definition) is 5. The molecule has 1 unspecified atom stereocenters. The molecule has 1 aromatic rings. The van der Waals surface area contributed by atoms with E-state index in [1.165, 1.54) is 4.90 Å². The number of halogens is 1. The first-order valence-corrected chi connectivity index (χ1v) is 8.91. The maximum absolute atomic E-state index is 12.8. The van der Waals surface area contributed by atoms with Crippen LogP contribution in [0.5, 0.6) is 0 Å². The molecule has 25 heavy (non-hydrogen) atoms. The first-order chi connectivity index (χ1) is 11.7. The fourth-order valence-corrected chi connectivity index (χ4v) is 3.19. The summed E-state index contributed by atoms with van der Waals surface area (Å²) in [5.41, 5.74) is 0.595. The van der Waals surface area contributed by atoms with Crippen molar-refractivity contribution in [2.24, 2.45) is 5.92 Å². The number of likely N-dealkylation sites (tertiary alicyclic amines) is 1. The summed E-state index contributed by atoms with van der Waals surface area (Å²) in [6.07, 6.45) is -1.91. The van der Waals surface area contributed by atoms with Gasteiger partial charge in [-0.05, 0) is 23.6 Å². The van der Waals surface area contributed by atoms with Crippen LogP contribution < -0.4 is 5.32 Å². The van der Waals surface area contributed by atoms with Crippen LogP contribution in [0.25, 0.3) is 0 Å². The number of nitrogens with zero attached hydrogens (tertiary/aromatic N) is 1. The van der Waals surface area contributed by atoms with Crippen molar-refractivity contribution in [3.05, 3.63) is 34.3 Å². The van der Waals surface area contributed by atoms with Gasteiger partial charge in [-0.15, -0.1) is 0 Å². The quantitative estimate of drug-likeness (QED) is 0.518. The van der Waals surface area contributed by atoms with Gasteiger partial charge in [0, 0.05) is 17.4 Å². The molecule has 1 amide bonds. The summed E-state index contributed by atoms with van der Waals surface area (Å²) in [5, 5.41) is 32.3. The fourth-order valence-electron chi connectivity index (χ4n) is 2.93. The fraction of sp³-hybridized carbons (Fsp3) is 0.529. The molecule has 0 saturated carbocycles. The van der Waals surface area contributed by atoms with Crippen LogP contribution in [-0.2, 0) is 9.59 Å². The molecule has 1 aromatic carbocycles. The number of β-amino-alcohol motifs (C(OH)–C–C–N with tert-alkyl or cyclic N) is 1. The smallest absolute Gasteiger partial charge is 0.326 e. The molecule has 0 aromatic heterocycles. The van der Waals surface area contributed by atoms with Gasteiger partial charge in [-0.25, -0.2) is 4.79 Å². The molecular weight excluding hydrogens is 392 g/mol. The number of aliphatic hydroxyl groups is 2. The summed E-state index contributed by atoms with van der Waals surface area (Å²) in [7, 11) is 0. The van der Waals surface area contributed by atoms with E-state index in [4.69, 9.17) is 0 Å². The van der Waals surface area contributed by atoms with Crippen molar-refractivity contribution in [3.8, 4) is 0 Å². The van der Waals surface area contributed by atoms with E-state index < -0.39 is 36.3 Å². The number of carboxylic acid groups (broad SMARTS) is 1. The van der Waals surface area contributed by atoms with Gasteiger partial charge in [-0.1, -0.05) is 41.9 Å². The second-order valence-corrected chi connectivity index (χ2v) is 7.49. The molecule has 2 rings (SSSR count). The average Bonchev–Trinajstić information content (AvgIpc) is 2.94. The van der Waals surface area contributed by atoms with E-state index in [2.05, 4.69) is 21.2 Å². The Bertz CT molecular complexity index is 622. The van der Waals surface area contributed by atoms with E-state index in [0.29, 0.717) is 5.56 Å². The van der Waals surface area contributed by atoms with Gasteiger partial charge in [0.05, 0.1) is 12.1 Å². The minimum absolute atomic E-state index is 0.0150. The first kappa shape index (κ1) is 19.8. The lowest BCUT2D eigenvalue weighted by atomic mass is 10.0. The Labute approximate surface area is 154 Å². The second kappa shape index (κ2) is 8.27. The Hall–Kier alpha value is -1.48. The lowest BCUT2D eigenvalue weighted by molar-refractivity contribution is -0.150. The van der Waals surface area contributed by atoms with Gasteiger partial charge in [0.15, 0.2) is 0 Å². The maximum atomic E-state index is 12.8. The van der Waals surface area contributed by atoms with E-state index in [-0.39, 0.29) is 18.9 Å². The number of carbonyl (C=O) groups is 2. The monoisotopic (exact) mass is 414 g/mol. The van der Waals surface area contributed by atoms with Gasteiger partial charge < -0.3 is 20.2 Å². The predicted molar refractivity (Wildman–Crippen MR) is 94.6 cm³/mol. The summed E-state index contributed by atoms with van der Waals surface area (Å²) in [6.45, 7) is 3.60. The van der Waals surface area contributed by atoms with Gasteiger partial charge >= 0.3 is 5.97 Å². The Morgan fingerprint density at radius 3 is 2.40 bits per heavy atom. The number of hydrogen-bond donors (Lipinski definition) is 4. The molecule has 7 nitrogen and oxygen atoms in total. The summed E-state index contributed by atoms with van der Waals surface area (Å²) in [5.74, 6) is -1.75. The van der Waals surface area contributed by atoms with E-state index in [9.17, 15) is 24.9 Å². The molecule has 0 radical (unpaired) electrons. The molecular formula is C17H23BrN2O5. The summed E-state index contributed by atoms with van der Waals surface area (Å²) in [6, 6.07) is 5.20. The topological polar surface area (TPSA) is 110 Å².